The van der Waals surface area contributed by atoms with Crippen LogP contribution < -0.4 is 10.9 Å². The number of esters is 1. The summed E-state index contributed by atoms with van der Waals surface area (Å²) in [7, 11) is 1.93. The Kier molecular flexibility index (Phi) is 3.99. The number of aromatic nitrogens is 2. The molecule has 0 saturated heterocycles. The zero-order chi connectivity index (χ0) is 21.6. The zero-order valence-electron chi connectivity index (χ0n) is 17.4. The number of hydrogen-bond donors (Lipinski definition) is 2. The number of ether oxygens (including phenoxy) is 1. The molecule has 7 nitrogen and oxygen atoms in total. The number of rotatable bonds is 1. The topological polar surface area (TPSA) is 93.5 Å². The fourth-order valence-corrected chi connectivity index (χ4v) is 6.08. The maximum absolute atomic E-state index is 14.9. The van der Waals surface area contributed by atoms with E-state index < -0.39 is 18.2 Å². The van der Waals surface area contributed by atoms with Crippen LogP contribution in [0.25, 0.3) is 11.4 Å². The molecule has 4 aliphatic rings. The van der Waals surface area contributed by atoms with Gasteiger partial charge in [0.25, 0.3) is 5.56 Å². The van der Waals surface area contributed by atoms with Gasteiger partial charge in [0.2, 0.25) is 0 Å². The largest absolute Gasteiger partial charge is 0.458 e. The van der Waals surface area contributed by atoms with Crippen LogP contribution in [0.5, 0.6) is 0 Å². The highest BCUT2D eigenvalue weighted by Gasteiger charge is 2.44. The van der Waals surface area contributed by atoms with E-state index in [2.05, 4.69) is 5.32 Å². The predicted octanol–water partition coefficient (Wildman–Crippen LogP) is 2.03. The number of nitrogens with zero attached hydrogens (tertiary/aromatic N) is 2. The van der Waals surface area contributed by atoms with Crippen molar-refractivity contribution in [3.8, 4) is 11.4 Å². The Morgan fingerprint density at radius 3 is 2.84 bits per heavy atom. The number of fused-ring (bicyclic) bond motifs is 5. The van der Waals surface area contributed by atoms with Crippen molar-refractivity contribution >= 4 is 5.97 Å². The first-order valence-corrected chi connectivity index (χ1v) is 10.9. The number of aliphatic hydroxyl groups excluding tert-OH is 1. The molecule has 5 atom stereocenters. The van der Waals surface area contributed by atoms with Gasteiger partial charge >= 0.3 is 5.97 Å². The van der Waals surface area contributed by atoms with Crippen molar-refractivity contribution < 1.29 is 19.0 Å². The Morgan fingerprint density at radius 2 is 2.06 bits per heavy atom. The fraction of sp³-hybridized carbons (Fsp3) is 0.522. The van der Waals surface area contributed by atoms with Gasteiger partial charge in [-0.15, -0.1) is 0 Å². The summed E-state index contributed by atoms with van der Waals surface area (Å²) >= 11 is 0. The van der Waals surface area contributed by atoms with Gasteiger partial charge in [-0.2, -0.15) is 0 Å². The van der Waals surface area contributed by atoms with Crippen molar-refractivity contribution in [2.45, 2.75) is 63.6 Å². The Labute approximate surface area is 178 Å². The van der Waals surface area contributed by atoms with E-state index in [1.54, 1.807) is 10.6 Å². The molecule has 2 aliphatic carbocycles. The molecule has 0 saturated carbocycles. The van der Waals surface area contributed by atoms with Crippen molar-refractivity contribution in [2.75, 3.05) is 7.05 Å². The average Bonchev–Trinajstić information content (AvgIpc) is 3.13. The number of halogens is 1. The lowest BCUT2D eigenvalue weighted by molar-refractivity contribution is -0.157. The van der Waals surface area contributed by atoms with Gasteiger partial charge in [-0.25, -0.2) is 9.18 Å². The third-order valence-corrected chi connectivity index (χ3v) is 7.76. The summed E-state index contributed by atoms with van der Waals surface area (Å²) in [5.74, 6) is -0.672. The summed E-state index contributed by atoms with van der Waals surface area (Å²) < 4.78 is 21.5. The number of aliphatic hydroxyl groups is 1. The molecular weight excluding hydrogens is 401 g/mol. The molecule has 2 aromatic rings. The number of alkyl halides is 1. The number of nitrogens with one attached hydrogen (secondary N) is 1. The second-order valence-electron chi connectivity index (χ2n) is 9.18. The quantitative estimate of drug-likeness (QED) is 0.580. The standard InChI is InChI=1S/C23H24FN3O4/c1-9-10-3-4-15(25-2)19-12-7-27-17(20(12)26-16(18(10)19)6-14(9)24)5-11-13(22(27)29)8-31-23(30)21(11)28/h5,9-10,14-15,21,25,28H,3-4,6-8H2,1-2H3/t9?,10?,14?,15-,21?/m0/s1. The lowest BCUT2D eigenvalue weighted by Gasteiger charge is -2.41. The van der Waals surface area contributed by atoms with E-state index in [1.165, 1.54) is 0 Å². The van der Waals surface area contributed by atoms with Crippen LogP contribution in [-0.2, 0) is 29.1 Å². The van der Waals surface area contributed by atoms with Gasteiger partial charge in [-0.05, 0) is 48.9 Å². The smallest absolute Gasteiger partial charge is 0.340 e. The molecule has 0 radical (unpaired) electrons. The Hall–Kier alpha value is -2.58. The minimum absolute atomic E-state index is 0.0546. The highest BCUT2D eigenvalue weighted by Crippen LogP contribution is 2.51. The first kappa shape index (κ1) is 19.1. The maximum Gasteiger partial charge on any atom is 0.340 e. The lowest BCUT2D eigenvalue weighted by Crippen LogP contribution is -2.36. The molecule has 0 fully saturated rings. The van der Waals surface area contributed by atoms with Gasteiger partial charge in [0.15, 0.2) is 6.10 Å². The first-order valence-electron chi connectivity index (χ1n) is 10.9. The van der Waals surface area contributed by atoms with Gasteiger partial charge in [0.05, 0.1) is 23.5 Å². The predicted molar refractivity (Wildman–Crippen MR) is 109 cm³/mol. The minimum Gasteiger partial charge on any atom is -0.458 e. The summed E-state index contributed by atoms with van der Waals surface area (Å²) in [6, 6.07) is 1.81. The van der Waals surface area contributed by atoms with Crippen LogP contribution in [-0.4, -0.2) is 33.8 Å². The van der Waals surface area contributed by atoms with E-state index in [9.17, 15) is 19.1 Å². The third-order valence-electron chi connectivity index (χ3n) is 7.76. The van der Waals surface area contributed by atoms with Crippen LogP contribution in [0.2, 0.25) is 0 Å². The normalized spacial score (nSPS) is 30.2. The molecule has 2 aromatic heterocycles. The molecule has 162 valence electrons. The summed E-state index contributed by atoms with van der Waals surface area (Å²) in [5.41, 5.74) is 5.67. The molecule has 2 N–H and O–H groups in total. The van der Waals surface area contributed by atoms with Crippen LogP contribution in [0, 0.1) is 5.92 Å². The zero-order valence-corrected chi connectivity index (χ0v) is 17.4. The van der Waals surface area contributed by atoms with Gasteiger partial charge in [-0.1, -0.05) is 6.92 Å². The molecular formula is C23H24FN3O4. The molecule has 0 aromatic carbocycles. The molecule has 0 amide bonds. The van der Waals surface area contributed by atoms with Crippen LogP contribution in [0.15, 0.2) is 10.9 Å². The molecule has 4 heterocycles. The van der Waals surface area contributed by atoms with E-state index in [0.717, 1.165) is 35.2 Å². The molecule has 0 spiro atoms. The molecule has 31 heavy (non-hydrogen) atoms. The van der Waals surface area contributed by atoms with E-state index in [-0.39, 0.29) is 42.0 Å². The number of cyclic esters (lactones) is 1. The van der Waals surface area contributed by atoms with Crippen LogP contribution in [0.1, 0.15) is 71.3 Å². The lowest BCUT2D eigenvalue weighted by atomic mass is 9.67. The number of pyridine rings is 2. The van der Waals surface area contributed by atoms with Gasteiger partial charge < -0.3 is 19.7 Å². The highest BCUT2D eigenvalue weighted by molar-refractivity contribution is 5.80. The highest BCUT2D eigenvalue weighted by atomic mass is 19.1. The van der Waals surface area contributed by atoms with Crippen molar-refractivity contribution in [2.24, 2.45) is 5.92 Å². The SMILES string of the molecule is CN[C@H]1CCC2c3c(nc4c(c31)Cn1c-4cc3c(c1=O)COC(=O)C3O)CC(F)C2C. The molecule has 6 rings (SSSR count). The summed E-state index contributed by atoms with van der Waals surface area (Å²) in [6.07, 6.45) is -0.323. The van der Waals surface area contributed by atoms with Gasteiger partial charge in [-0.3, -0.25) is 9.78 Å². The second-order valence-corrected chi connectivity index (χ2v) is 9.18. The molecule has 0 bridgehead atoms. The van der Waals surface area contributed by atoms with Crippen molar-refractivity contribution in [1.82, 2.24) is 14.9 Å². The van der Waals surface area contributed by atoms with Crippen molar-refractivity contribution in [3.05, 3.63) is 49.9 Å². The molecule has 4 unspecified atom stereocenters. The average molecular weight is 425 g/mol. The summed E-state index contributed by atoms with van der Waals surface area (Å²) in [4.78, 5) is 30.0. The summed E-state index contributed by atoms with van der Waals surface area (Å²) in [6.45, 7) is 2.23. The van der Waals surface area contributed by atoms with Crippen LogP contribution in [0.4, 0.5) is 4.39 Å². The number of carbonyl (C=O) groups excluding carboxylic acids is 1. The van der Waals surface area contributed by atoms with Gasteiger partial charge in [0.1, 0.15) is 12.8 Å². The van der Waals surface area contributed by atoms with Crippen molar-refractivity contribution in [3.63, 3.8) is 0 Å². The first-order chi connectivity index (χ1) is 14.9. The number of hydrogen-bond acceptors (Lipinski definition) is 6. The van der Waals surface area contributed by atoms with Crippen LogP contribution >= 0.6 is 0 Å². The number of carbonyl (C=O) groups is 1. The maximum atomic E-state index is 14.9. The van der Waals surface area contributed by atoms with Crippen molar-refractivity contribution in [1.29, 1.82) is 0 Å². The Balaban J connectivity index is 1.62. The monoisotopic (exact) mass is 425 g/mol. The second kappa shape index (κ2) is 6.46. The van der Waals surface area contributed by atoms with E-state index in [1.807, 2.05) is 14.0 Å². The van der Waals surface area contributed by atoms with Gasteiger partial charge in [0, 0.05) is 29.3 Å². The Morgan fingerprint density at radius 1 is 1.26 bits per heavy atom. The third kappa shape index (κ3) is 2.43. The van der Waals surface area contributed by atoms with E-state index >= 15 is 0 Å². The van der Waals surface area contributed by atoms with E-state index in [0.29, 0.717) is 23.5 Å². The molecule has 2 aliphatic heterocycles. The van der Waals surface area contributed by atoms with E-state index in [4.69, 9.17) is 9.72 Å². The summed E-state index contributed by atoms with van der Waals surface area (Å²) in [5, 5.41) is 13.7. The van der Waals surface area contributed by atoms with Crippen LogP contribution in [0.3, 0.4) is 0 Å². The fourth-order valence-electron chi connectivity index (χ4n) is 6.08. The Bertz CT molecular complexity index is 1210. The molecule has 8 heteroatoms. The minimum atomic E-state index is -1.48.